The largest absolute Gasteiger partial charge is 0.340 e. The lowest BCUT2D eigenvalue weighted by Crippen LogP contribution is -2.10. The van der Waals surface area contributed by atoms with Crippen molar-refractivity contribution in [3.63, 3.8) is 0 Å². The Morgan fingerprint density at radius 2 is 1.67 bits per heavy atom. The number of nitrogens with one attached hydrogen (secondary N) is 1. The quantitative estimate of drug-likeness (QED) is 0.591. The number of fused-ring (bicyclic) bond motifs is 3. The van der Waals surface area contributed by atoms with Crippen LogP contribution in [0.5, 0.6) is 0 Å². The van der Waals surface area contributed by atoms with Gasteiger partial charge in [-0.2, -0.15) is 0 Å². The van der Waals surface area contributed by atoms with Crippen molar-refractivity contribution in [1.29, 1.82) is 0 Å². The number of hydrogen-bond acceptors (Lipinski definition) is 5. The molecule has 0 saturated heterocycles. The van der Waals surface area contributed by atoms with Gasteiger partial charge in [-0.3, -0.25) is 0 Å². The first kappa shape index (κ1) is 15.6. The van der Waals surface area contributed by atoms with Crippen LogP contribution in [0.2, 0.25) is 0 Å². The molecule has 0 unspecified atom stereocenters. The number of nitrogens with zero attached hydrogens (tertiary/aromatic N) is 4. The van der Waals surface area contributed by atoms with Crippen molar-refractivity contribution in [2.75, 3.05) is 5.32 Å². The van der Waals surface area contributed by atoms with E-state index in [0.717, 1.165) is 41.2 Å². The Bertz CT molecular complexity index is 1110. The molecular weight excluding hydrogens is 334 g/mol. The van der Waals surface area contributed by atoms with E-state index in [9.17, 15) is 0 Å². The summed E-state index contributed by atoms with van der Waals surface area (Å²) in [6.45, 7) is 0. The highest BCUT2D eigenvalue weighted by atomic mass is 15.0. The number of aryl methyl sites for hydroxylation is 1. The second kappa shape index (κ2) is 6.61. The van der Waals surface area contributed by atoms with E-state index >= 15 is 0 Å². The third-order valence-electron chi connectivity index (χ3n) is 4.88. The summed E-state index contributed by atoms with van der Waals surface area (Å²) in [7, 11) is 0. The van der Waals surface area contributed by atoms with Crippen LogP contribution in [0.3, 0.4) is 0 Å². The summed E-state index contributed by atoms with van der Waals surface area (Å²) in [6.07, 6.45) is 8.74. The molecule has 0 amide bonds. The van der Waals surface area contributed by atoms with Gasteiger partial charge in [0, 0.05) is 34.8 Å². The van der Waals surface area contributed by atoms with E-state index in [0.29, 0.717) is 0 Å². The van der Waals surface area contributed by atoms with Crippen LogP contribution in [-0.4, -0.2) is 19.9 Å². The molecule has 1 aliphatic rings. The molecule has 5 rings (SSSR count). The van der Waals surface area contributed by atoms with Gasteiger partial charge in [0.2, 0.25) is 0 Å². The molecule has 2 aromatic carbocycles. The molecule has 5 nitrogen and oxygen atoms in total. The SMILES string of the molecule is c1cc(Nc2ncnc3c2CCc2ccccc2-3)cc(-c2cncnc2)c1. The summed E-state index contributed by atoms with van der Waals surface area (Å²) in [5.74, 6) is 0.871. The van der Waals surface area contributed by atoms with E-state index in [-0.39, 0.29) is 0 Å². The van der Waals surface area contributed by atoms with Gasteiger partial charge in [0.05, 0.1) is 5.69 Å². The van der Waals surface area contributed by atoms with Crippen LogP contribution in [0, 0.1) is 0 Å². The maximum absolute atomic E-state index is 4.56. The van der Waals surface area contributed by atoms with Gasteiger partial charge in [-0.05, 0) is 36.1 Å². The highest BCUT2D eigenvalue weighted by Crippen LogP contribution is 2.35. The van der Waals surface area contributed by atoms with Crippen molar-refractivity contribution in [2.24, 2.45) is 0 Å². The summed E-state index contributed by atoms with van der Waals surface area (Å²) in [4.78, 5) is 17.3. The molecule has 1 N–H and O–H groups in total. The summed E-state index contributed by atoms with van der Waals surface area (Å²) >= 11 is 0. The van der Waals surface area contributed by atoms with Crippen molar-refractivity contribution in [2.45, 2.75) is 12.8 Å². The average Bonchev–Trinajstić information content (AvgIpc) is 2.75. The molecule has 130 valence electrons. The van der Waals surface area contributed by atoms with Crippen LogP contribution in [0.1, 0.15) is 11.1 Å². The molecule has 0 atom stereocenters. The van der Waals surface area contributed by atoms with Gasteiger partial charge < -0.3 is 5.32 Å². The summed E-state index contributed by atoms with van der Waals surface area (Å²) in [5, 5.41) is 3.48. The highest BCUT2D eigenvalue weighted by molar-refractivity contribution is 5.76. The smallest absolute Gasteiger partial charge is 0.137 e. The topological polar surface area (TPSA) is 63.6 Å². The number of rotatable bonds is 3. The summed E-state index contributed by atoms with van der Waals surface area (Å²) in [5.41, 5.74) is 7.79. The van der Waals surface area contributed by atoms with E-state index in [1.165, 1.54) is 23.0 Å². The second-order valence-corrected chi connectivity index (χ2v) is 6.54. The molecular formula is C22H17N5. The van der Waals surface area contributed by atoms with Crippen LogP contribution < -0.4 is 5.32 Å². The zero-order valence-electron chi connectivity index (χ0n) is 14.6. The number of anilines is 2. The maximum Gasteiger partial charge on any atom is 0.137 e. The fourth-order valence-corrected chi connectivity index (χ4v) is 3.58. The van der Waals surface area contributed by atoms with E-state index in [1.54, 1.807) is 6.33 Å². The molecule has 0 fully saturated rings. The van der Waals surface area contributed by atoms with Crippen molar-refractivity contribution < 1.29 is 0 Å². The Hall–Kier alpha value is -3.60. The second-order valence-electron chi connectivity index (χ2n) is 6.54. The van der Waals surface area contributed by atoms with Gasteiger partial charge in [0.1, 0.15) is 18.5 Å². The molecule has 5 heteroatoms. The van der Waals surface area contributed by atoms with Crippen LogP contribution in [0.4, 0.5) is 11.5 Å². The monoisotopic (exact) mass is 351 g/mol. The fourth-order valence-electron chi connectivity index (χ4n) is 3.58. The minimum Gasteiger partial charge on any atom is -0.340 e. The van der Waals surface area contributed by atoms with Gasteiger partial charge in [-0.25, -0.2) is 19.9 Å². The highest BCUT2D eigenvalue weighted by Gasteiger charge is 2.20. The molecule has 0 saturated carbocycles. The van der Waals surface area contributed by atoms with Crippen LogP contribution in [-0.2, 0) is 12.8 Å². The first-order chi connectivity index (χ1) is 13.4. The lowest BCUT2D eigenvalue weighted by atomic mass is 9.89. The Morgan fingerprint density at radius 3 is 2.59 bits per heavy atom. The Labute approximate surface area is 157 Å². The third-order valence-corrected chi connectivity index (χ3v) is 4.88. The Kier molecular flexibility index (Phi) is 3.83. The van der Waals surface area contributed by atoms with Gasteiger partial charge in [0.15, 0.2) is 0 Å². The standard InChI is InChI=1S/C22H17N5/c1-2-7-19-15(4-1)8-9-20-21(19)25-14-26-22(20)27-18-6-3-5-16(10-18)17-11-23-13-24-12-17/h1-7,10-14H,8-9H2,(H,25,26,27). The van der Waals surface area contributed by atoms with Gasteiger partial charge in [0.25, 0.3) is 0 Å². The van der Waals surface area contributed by atoms with E-state index in [2.05, 4.69) is 61.7 Å². The third kappa shape index (κ3) is 2.93. The zero-order chi connectivity index (χ0) is 18.1. The lowest BCUT2D eigenvalue weighted by Gasteiger charge is -2.21. The van der Waals surface area contributed by atoms with E-state index < -0.39 is 0 Å². The predicted octanol–water partition coefficient (Wildman–Crippen LogP) is 4.44. The molecule has 0 spiro atoms. The van der Waals surface area contributed by atoms with Crippen LogP contribution in [0.25, 0.3) is 22.4 Å². The first-order valence-electron chi connectivity index (χ1n) is 8.93. The molecule has 27 heavy (non-hydrogen) atoms. The number of aromatic nitrogens is 4. The van der Waals surface area contributed by atoms with Crippen molar-refractivity contribution in [3.05, 3.63) is 84.7 Å². The first-order valence-corrected chi connectivity index (χ1v) is 8.93. The Balaban J connectivity index is 1.52. The fraction of sp³-hybridized carbons (Fsp3) is 0.0909. The minimum atomic E-state index is 0.871. The predicted molar refractivity (Wildman–Crippen MR) is 106 cm³/mol. The van der Waals surface area contributed by atoms with Crippen LogP contribution in [0.15, 0.2) is 73.6 Å². The van der Waals surface area contributed by atoms with Gasteiger partial charge in [-0.1, -0.05) is 36.4 Å². The molecule has 2 aromatic heterocycles. The normalized spacial score (nSPS) is 12.1. The zero-order valence-corrected chi connectivity index (χ0v) is 14.6. The maximum atomic E-state index is 4.56. The molecule has 4 aromatic rings. The van der Waals surface area contributed by atoms with Gasteiger partial charge >= 0.3 is 0 Å². The number of hydrogen-bond donors (Lipinski definition) is 1. The molecule has 0 aliphatic heterocycles. The van der Waals surface area contributed by atoms with Crippen LogP contribution >= 0.6 is 0 Å². The van der Waals surface area contributed by atoms with E-state index in [1.807, 2.05) is 24.5 Å². The molecule has 0 bridgehead atoms. The number of benzene rings is 2. The molecule has 0 radical (unpaired) electrons. The lowest BCUT2D eigenvalue weighted by molar-refractivity contribution is 0.914. The molecule has 2 heterocycles. The minimum absolute atomic E-state index is 0.871. The average molecular weight is 351 g/mol. The van der Waals surface area contributed by atoms with Crippen molar-refractivity contribution in [3.8, 4) is 22.4 Å². The van der Waals surface area contributed by atoms with Gasteiger partial charge in [-0.15, -0.1) is 0 Å². The summed E-state index contributed by atoms with van der Waals surface area (Å²) in [6, 6.07) is 16.7. The molecule has 1 aliphatic carbocycles. The Morgan fingerprint density at radius 1 is 0.778 bits per heavy atom. The van der Waals surface area contributed by atoms with E-state index in [4.69, 9.17) is 0 Å². The summed E-state index contributed by atoms with van der Waals surface area (Å²) < 4.78 is 0. The van der Waals surface area contributed by atoms with Crippen molar-refractivity contribution in [1.82, 2.24) is 19.9 Å². The van der Waals surface area contributed by atoms with Crippen molar-refractivity contribution >= 4 is 11.5 Å².